The Hall–Kier alpha value is -1.55. The molecule has 2 N–H and O–H groups in total. The van der Waals surface area contributed by atoms with Crippen molar-refractivity contribution in [2.75, 3.05) is 25.0 Å². The van der Waals surface area contributed by atoms with Crippen LogP contribution in [0.5, 0.6) is 0 Å². The van der Waals surface area contributed by atoms with Gasteiger partial charge in [-0.1, -0.05) is 25.1 Å². The van der Waals surface area contributed by atoms with Crippen LogP contribution < -0.4 is 10.6 Å². The molecule has 1 amide bonds. The van der Waals surface area contributed by atoms with Crippen molar-refractivity contribution in [3.63, 3.8) is 0 Å². The molecule has 114 valence electrons. The van der Waals surface area contributed by atoms with E-state index in [1.807, 2.05) is 18.2 Å². The summed E-state index contributed by atoms with van der Waals surface area (Å²) in [5.41, 5.74) is 2.35. The monoisotopic (exact) mass is 287 g/mol. The topological polar surface area (TPSA) is 44.4 Å². The minimum absolute atomic E-state index is 0.101. The third kappa shape index (κ3) is 3.38. The van der Waals surface area contributed by atoms with Crippen molar-refractivity contribution in [3.8, 4) is 0 Å². The van der Waals surface area contributed by atoms with Crippen LogP contribution in [0, 0.1) is 0 Å². The Kier molecular flexibility index (Phi) is 4.44. The number of para-hydroxylation sites is 1. The first-order valence-corrected chi connectivity index (χ1v) is 8.13. The van der Waals surface area contributed by atoms with Crippen molar-refractivity contribution in [3.05, 3.63) is 29.8 Å². The normalized spacial score (nSPS) is 22.6. The molecule has 0 radical (unpaired) electrons. The third-order valence-corrected chi connectivity index (χ3v) is 4.56. The molecule has 0 aromatic heterocycles. The van der Waals surface area contributed by atoms with E-state index < -0.39 is 0 Å². The maximum Gasteiger partial charge on any atom is 0.243 e. The minimum atomic E-state index is -0.101. The summed E-state index contributed by atoms with van der Waals surface area (Å²) in [6.07, 6.45) is 4.16. The molecule has 1 unspecified atom stereocenters. The van der Waals surface area contributed by atoms with Gasteiger partial charge in [0.05, 0.1) is 0 Å². The molecule has 2 aliphatic rings. The number of benzene rings is 1. The van der Waals surface area contributed by atoms with E-state index in [1.165, 1.54) is 18.5 Å². The highest BCUT2D eigenvalue weighted by atomic mass is 16.2. The number of nitrogens with one attached hydrogen (secondary N) is 2. The van der Waals surface area contributed by atoms with Gasteiger partial charge in [0, 0.05) is 31.2 Å². The Morgan fingerprint density at radius 1 is 1.33 bits per heavy atom. The number of hydrogen-bond donors (Lipinski definition) is 2. The third-order valence-electron chi connectivity index (χ3n) is 4.56. The van der Waals surface area contributed by atoms with E-state index in [9.17, 15) is 4.79 Å². The van der Waals surface area contributed by atoms with Crippen LogP contribution in [0.1, 0.15) is 31.7 Å². The lowest BCUT2D eigenvalue weighted by atomic mass is 10.0. The van der Waals surface area contributed by atoms with Crippen molar-refractivity contribution in [1.29, 1.82) is 0 Å². The van der Waals surface area contributed by atoms with Crippen molar-refractivity contribution >= 4 is 11.6 Å². The molecule has 1 atom stereocenters. The number of likely N-dealkylation sites (tertiary alicyclic amines) is 1. The fraction of sp³-hybridized carbons (Fsp3) is 0.588. The Morgan fingerprint density at radius 2 is 2.10 bits per heavy atom. The van der Waals surface area contributed by atoms with Gasteiger partial charge in [-0.15, -0.1) is 0 Å². The van der Waals surface area contributed by atoms with E-state index in [2.05, 4.69) is 28.5 Å². The summed E-state index contributed by atoms with van der Waals surface area (Å²) >= 11 is 0. The quantitative estimate of drug-likeness (QED) is 0.890. The zero-order valence-corrected chi connectivity index (χ0v) is 12.8. The van der Waals surface area contributed by atoms with Crippen LogP contribution in [-0.4, -0.2) is 42.5 Å². The number of rotatable bonds is 4. The van der Waals surface area contributed by atoms with Crippen molar-refractivity contribution in [1.82, 2.24) is 10.2 Å². The highest BCUT2D eigenvalue weighted by Gasteiger charge is 2.28. The molecule has 4 nitrogen and oxygen atoms in total. The zero-order chi connectivity index (χ0) is 14.7. The van der Waals surface area contributed by atoms with Gasteiger partial charge < -0.3 is 15.5 Å². The Bertz CT molecular complexity index is 470. The smallest absolute Gasteiger partial charge is 0.243 e. The second-order valence-electron chi connectivity index (χ2n) is 6.18. The molecule has 21 heavy (non-hydrogen) atoms. The maximum absolute atomic E-state index is 12.4. The Labute approximate surface area is 126 Å². The van der Waals surface area contributed by atoms with Crippen LogP contribution in [0.25, 0.3) is 0 Å². The van der Waals surface area contributed by atoms with E-state index in [0.717, 1.165) is 38.0 Å². The molecule has 1 aromatic rings. The fourth-order valence-corrected chi connectivity index (χ4v) is 3.37. The summed E-state index contributed by atoms with van der Waals surface area (Å²) in [7, 11) is 0. The standard InChI is InChI=1S/C17H25N3O/c1-2-9-20-10-7-14(8-11-20)18-17(21)16-12-13-5-3-4-6-15(13)19-16/h3-6,14,16,19H,2,7-12H2,1H3,(H,18,21). The molecule has 0 bridgehead atoms. The number of piperidine rings is 1. The van der Waals surface area contributed by atoms with Crippen LogP contribution in [-0.2, 0) is 11.2 Å². The second kappa shape index (κ2) is 6.48. The molecular formula is C17H25N3O. The van der Waals surface area contributed by atoms with Crippen LogP contribution in [0.3, 0.4) is 0 Å². The Balaban J connectivity index is 1.48. The number of carbonyl (C=O) groups is 1. The molecule has 1 saturated heterocycles. The zero-order valence-electron chi connectivity index (χ0n) is 12.8. The van der Waals surface area contributed by atoms with Crippen molar-refractivity contribution < 1.29 is 4.79 Å². The van der Waals surface area contributed by atoms with E-state index >= 15 is 0 Å². The fourth-order valence-electron chi connectivity index (χ4n) is 3.37. The molecule has 0 saturated carbocycles. The van der Waals surface area contributed by atoms with Gasteiger partial charge in [-0.05, 0) is 37.4 Å². The number of anilines is 1. The largest absolute Gasteiger partial charge is 0.373 e. The molecule has 0 spiro atoms. The van der Waals surface area contributed by atoms with E-state index in [1.54, 1.807) is 0 Å². The highest BCUT2D eigenvalue weighted by molar-refractivity contribution is 5.87. The number of nitrogens with zero attached hydrogens (tertiary/aromatic N) is 1. The molecule has 2 heterocycles. The number of hydrogen-bond acceptors (Lipinski definition) is 3. The predicted molar refractivity (Wildman–Crippen MR) is 85.5 cm³/mol. The number of amides is 1. The number of fused-ring (bicyclic) bond motifs is 1. The number of carbonyl (C=O) groups excluding carboxylic acids is 1. The Morgan fingerprint density at radius 3 is 2.81 bits per heavy atom. The maximum atomic E-state index is 12.4. The molecule has 1 fully saturated rings. The van der Waals surface area contributed by atoms with E-state index in [-0.39, 0.29) is 11.9 Å². The molecule has 2 aliphatic heterocycles. The van der Waals surface area contributed by atoms with Gasteiger partial charge in [0.15, 0.2) is 0 Å². The molecule has 3 rings (SSSR count). The summed E-state index contributed by atoms with van der Waals surface area (Å²) in [6.45, 7) is 5.62. The minimum Gasteiger partial charge on any atom is -0.373 e. The van der Waals surface area contributed by atoms with Crippen LogP contribution in [0.4, 0.5) is 5.69 Å². The van der Waals surface area contributed by atoms with Crippen LogP contribution in [0.15, 0.2) is 24.3 Å². The second-order valence-corrected chi connectivity index (χ2v) is 6.18. The molecule has 4 heteroatoms. The van der Waals surface area contributed by atoms with Crippen LogP contribution in [0.2, 0.25) is 0 Å². The SMILES string of the molecule is CCCN1CCC(NC(=O)C2Cc3ccccc3N2)CC1. The lowest BCUT2D eigenvalue weighted by Crippen LogP contribution is -2.48. The molecule has 1 aromatic carbocycles. The lowest BCUT2D eigenvalue weighted by molar-refractivity contribution is -0.122. The molecular weight excluding hydrogens is 262 g/mol. The van der Waals surface area contributed by atoms with Crippen molar-refractivity contribution in [2.24, 2.45) is 0 Å². The summed E-state index contributed by atoms with van der Waals surface area (Å²) in [6, 6.07) is 8.43. The predicted octanol–water partition coefficient (Wildman–Crippen LogP) is 2.01. The average Bonchev–Trinajstić information content (AvgIpc) is 2.94. The highest BCUT2D eigenvalue weighted by Crippen LogP contribution is 2.25. The van der Waals surface area contributed by atoms with Gasteiger partial charge in [0.1, 0.15) is 6.04 Å². The van der Waals surface area contributed by atoms with E-state index in [0.29, 0.717) is 6.04 Å². The molecule has 0 aliphatic carbocycles. The van der Waals surface area contributed by atoms with Gasteiger partial charge in [0.2, 0.25) is 5.91 Å². The van der Waals surface area contributed by atoms with Crippen molar-refractivity contribution in [2.45, 2.75) is 44.7 Å². The summed E-state index contributed by atoms with van der Waals surface area (Å²) in [4.78, 5) is 14.9. The van der Waals surface area contributed by atoms with Gasteiger partial charge in [-0.3, -0.25) is 4.79 Å². The first kappa shape index (κ1) is 14.4. The van der Waals surface area contributed by atoms with Gasteiger partial charge in [-0.2, -0.15) is 0 Å². The summed E-state index contributed by atoms with van der Waals surface area (Å²) < 4.78 is 0. The summed E-state index contributed by atoms with van der Waals surface area (Å²) in [5, 5.41) is 6.56. The first-order valence-electron chi connectivity index (χ1n) is 8.13. The van der Waals surface area contributed by atoms with E-state index in [4.69, 9.17) is 0 Å². The van der Waals surface area contributed by atoms with Gasteiger partial charge in [0.25, 0.3) is 0 Å². The lowest BCUT2D eigenvalue weighted by Gasteiger charge is -2.32. The average molecular weight is 287 g/mol. The first-order chi connectivity index (χ1) is 10.3. The van der Waals surface area contributed by atoms with Gasteiger partial charge in [-0.25, -0.2) is 0 Å². The summed E-state index contributed by atoms with van der Waals surface area (Å²) in [5.74, 6) is 0.153. The van der Waals surface area contributed by atoms with Crippen LogP contribution >= 0.6 is 0 Å². The van der Waals surface area contributed by atoms with Gasteiger partial charge >= 0.3 is 0 Å².